The highest BCUT2D eigenvalue weighted by molar-refractivity contribution is 5.92. The second-order valence-electron chi connectivity index (χ2n) is 4.05. The number of rotatable bonds is 2. The van der Waals surface area contributed by atoms with E-state index in [-0.39, 0.29) is 17.6 Å². The summed E-state index contributed by atoms with van der Waals surface area (Å²) in [6.07, 6.45) is -0.975. The molecule has 1 aliphatic carbocycles. The molecule has 0 atom stereocenters. The highest BCUT2D eigenvalue weighted by atomic mass is 19.4. The fourth-order valence-corrected chi connectivity index (χ4v) is 1.53. The van der Waals surface area contributed by atoms with Gasteiger partial charge < -0.3 is 5.32 Å². The maximum atomic E-state index is 12.2. The molecule has 1 aliphatic rings. The number of carbonyl (C=O) groups is 1. The van der Waals surface area contributed by atoms with Crippen LogP contribution in [0.3, 0.4) is 0 Å². The lowest BCUT2D eigenvalue weighted by atomic mass is 9.85. The summed E-state index contributed by atoms with van der Waals surface area (Å²) in [6.45, 7) is 0. The maximum Gasteiger partial charge on any atom is 0.417 e. The minimum absolute atomic E-state index is 0.0147. The van der Waals surface area contributed by atoms with E-state index in [1.54, 1.807) is 0 Å². The molecule has 0 bridgehead atoms. The Balaban J connectivity index is 2.00. The zero-order chi connectivity index (χ0) is 12.5. The normalized spacial score (nSPS) is 16.4. The topological polar surface area (TPSA) is 42.0 Å². The van der Waals surface area contributed by atoms with Crippen molar-refractivity contribution in [3.05, 3.63) is 23.9 Å². The van der Waals surface area contributed by atoms with E-state index in [0.29, 0.717) is 0 Å². The van der Waals surface area contributed by atoms with E-state index in [1.165, 1.54) is 6.07 Å². The third-order valence-electron chi connectivity index (χ3n) is 2.82. The highest BCUT2D eigenvalue weighted by Crippen LogP contribution is 2.30. The Hall–Kier alpha value is -1.59. The molecule has 0 aliphatic heterocycles. The molecule has 0 saturated heterocycles. The number of alkyl halides is 3. The van der Waals surface area contributed by atoms with E-state index in [1.807, 2.05) is 0 Å². The molecular formula is C11H11F3N2O. The standard InChI is InChI=1S/C11H11F3N2O/c12-11(13,14)8-4-5-9(15-6-8)16-10(17)7-2-1-3-7/h4-7H,1-3H2,(H,15,16,17). The van der Waals surface area contributed by atoms with Crippen LogP contribution < -0.4 is 5.32 Å². The van der Waals surface area contributed by atoms with Crippen LogP contribution in [-0.4, -0.2) is 10.9 Å². The van der Waals surface area contributed by atoms with Crippen LogP contribution >= 0.6 is 0 Å². The fourth-order valence-electron chi connectivity index (χ4n) is 1.53. The molecule has 17 heavy (non-hydrogen) atoms. The van der Waals surface area contributed by atoms with Gasteiger partial charge in [-0.3, -0.25) is 4.79 Å². The summed E-state index contributed by atoms with van der Waals surface area (Å²) in [5.74, 6) is -0.0162. The number of carbonyl (C=O) groups excluding carboxylic acids is 1. The van der Waals surface area contributed by atoms with Crippen molar-refractivity contribution in [2.45, 2.75) is 25.4 Å². The molecule has 1 aromatic rings. The van der Waals surface area contributed by atoms with Crippen molar-refractivity contribution in [2.75, 3.05) is 5.32 Å². The zero-order valence-corrected chi connectivity index (χ0v) is 8.92. The highest BCUT2D eigenvalue weighted by Gasteiger charge is 2.31. The molecule has 1 saturated carbocycles. The number of nitrogens with one attached hydrogen (secondary N) is 1. The molecule has 3 nitrogen and oxygen atoms in total. The Morgan fingerprint density at radius 3 is 2.47 bits per heavy atom. The lowest BCUT2D eigenvalue weighted by Gasteiger charge is -2.23. The average Bonchev–Trinajstić information content (AvgIpc) is 2.13. The van der Waals surface area contributed by atoms with Gasteiger partial charge in [0.2, 0.25) is 5.91 Å². The van der Waals surface area contributed by atoms with Crippen molar-refractivity contribution in [1.29, 1.82) is 0 Å². The van der Waals surface area contributed by atoms with Gasteiger partial charge in [0.05, 0.1) is 5.56 Å². The lowest BCUT2D eigenvalue weighted by Crippen LogP contribution is -2.28. The molecule has 92 valence electrons. The van der Waals surface area contributed by atoms with Gasteiger partial charge in [-0.2, -0.15) is 13.2 Å². The Kier molecular flexibility index (Phi) is 3.04. The minimum atomic E-state index is -4.40. The summed E-state index contributed by atoms with van der Waals surface area (Å²) in [4.78, 5) is 15.1. The minimum Gasteiger partial charge on any atom is -0.310 e. The van der Waals surface area contributed by atoms with Crippen molar-refractivity contribution >= 4 is 11.7 Å². The van der Waals surface area contributed by atoms with Crippen LogP contribution in [0.5, 0.6) is 0 Å². The van der Waals surface area contributed by atoms with E-state index in [4.69, 9.17) is 0 Å². The molecule has 1 heterocycles. The quantitative estimate of drug-likeness (QED) is 0.869. The fraction of sp³-hybridized carbons (Fsp3) is 0.455. The first-order valence-corrected chi connectivity index (χ1v) is 5.31. The first kappa shape index (κ1) is 11.9. The van der Waals surface area contributed by atoms with Crippen LogP contribution in [-0.2, 0) is 11.0 Å². The third kappa shape index (κ3) is 2.75. The van der Waals surface area contributed by atoms with Gasteiger partial charge in [-0.05, 0) is 25.0 Å². The molecule has 2 rings (SSSR count). The predicted molar refractivity (Wildman–Crippen MR) is 55.2 cm³/mol. The Labute approximate surface area is 96.0 Å². The number of amides is 1. The van der Waals surface area contributed by atoms with E-state index in [9.17, 15) is 18.0 Å². The number of anilines is 1. The van der Waals surface area contributed by atoms with Gasteiger partial charge in [0, 0.05) is 12.1 Å². The van der Waals surface area contributed by atoms with E-state index in [0.717, 1.165) is 31.5 Å². The summed E-state index contributed by atoms with van der Waals surface area (Å²) in [5.41, 5.74) is -0.820. The molecule has 1 N–H and O–H groups in total. The number of nitrogens with zero attached hydrogens (tertiary/aromatic N) is 1. The smallest absolute Gasteiger partial charge is 0.310 e. The van der Waals surface area contributed by atoms with Crippen LogP contribution in [0.15, 0.2) is 18.3 Å². The average molecular weight is 244 g/mol. The number of hydrogen-bond donors (Lipinski definition) is 1. The van der Waals surface area contributed by atoms with Crippen molar-refractivity contribution < 1.29 is 18.0 Å². The number of hydrogen-bond acceptors (Lipinski definition) is 2. The van der Waals surface area contributed by atoms with Gasteiger partial charge in [0.15, 0.2) is 0 Å². The zero-order valence-electron chi connectivity index (χ0n) is 8.92. The van der Waals surface area contributed by atoms with Gasteiger partial charge in [-0.25, -0.2) is 4.98 Å². The summed E-state index contributed by atoms with van der Waals surface area (Å²) >= 11 is 0. The molecule has 6 heteroatoms. The number of pyridine rings is 1. The first-order valence-electron chi connectivity index (χ1n) is 5.31. The van der Waals surface area contributed by atoms with Crippen molar-refractivity contribution in [3.8, 4) is 0 Å². The molecule has 1 aromatic heterocycles. The Morgan fingerprint density at radius 2 is 2.06 bits per heavy atom. The molecular weight excluding hydrogens is 233 g/mol. The molecule has 0 spiro atoms. The van der Waals surface area contributed by atoms with E-state index in [2.05, 4.69) is 10.3 Å². The molecule has 1 amide bonds. The van der Waals surface area contributed by atoms with Gasteiger partial charge in [0.1, 0.15) is 5.82 Å². The van der Waals surface area contributed by atoms with Crippen LogP contribution in [0, 0.1) is 5.92 Å². The predicted octanol–water partition coefficient (Wildman–Crippen LogP) is 2.84. The number of aromatic nitrogens is 1. The molecule has 0 unspecified atom stereocenters. The second-order valence-corrected chi connectivity index (χ2v) is 4.05. The molecule has 1 fully saturated rings. The largest absolute Gasteiger partial charge is 0.417 e. The van der Waals surface area contributed by atoms with Gasteiger partial charge >= 0.3 is 6.18 Å². The summed E-state index contributed by atoms with van der Waals surface area (Å²) < 4.78 is 36.7. The van der Waals surface area contributed by atoms with Gasteiger partial charge in [0.25, 0.3) is 0 Å². The lowest BCUT2D eigenvalue weighted by molar-refractivity contribution is -0.137. The summed E-state index contributed by atoms with van der Waals surface area (Å²) in [6, 6.07) is 2.07. The van der Waals surface area contributed by atoms with Crippen molar-refractivity contribution in [3.63, 3.8) is 0 Å². The van der Waals surface area contributed by atoms with Crippen LogP contribution in [0.2, 0.25) is 0 Å². The van der Waals surface area contributed by atoms with E-state index < -0.39 is 11.7 Å². The van der Waals surface area contributed by atoms with Crippen molar-refractivity contribution in [2.24, 2.45) is 5.92 Å². The molecule has 0 aromatic carbocycles. The van der Waals surface area contributed by atoms with Crippen molar-refractivity contribution in [1.82, 2.24) is 4.98 Å². The second kappa shape index (κ2) is 4.35. The molecule has 0 radical (unpaired) electrons. The summed E-state index contributed by atoms with van der Waals surface area (Å²) in [7, 11) is 0. The van der Waals surface area contributed by atoms with E-state index >= 15 is 0 Å². The third-order valence-corrected chi connectivity index (χ3v) is 2.82. The van der Waals surface area contributed by atoms with Gasteiger partial charge in [-0.1, -0.05) is 6.42 Å². The maximum absolute atomic E-state index is 12.2. The van der Waals surface area contributed by atoms with Crippen LogP contribution in [0.4, 0.5) is 19.0 Å². The van der Waals surface area contributed by atoms with Gasteiger partial charge in [-0.15, -0.1) is 0 Å². The SMILES string of the molecule is O=C(Nc1ccc(C(F)(F)F)cn1)C1CCC1. The number of halogens is 3. The van der Waals surface area contributed by atoms with Crippen LogP contribution in [0.1, 0.15) is 24.8 Å². The summed E-state index contributed by atoms with van der Waals surface area (Å²) in [5, 5.41) is 2.51. The Bertz CT molecular complexity index is 410. The van der Waals surface area contributed by atoms with Crippen LogP contribution in [0.25, 0.3) is 0 Å². The first-order chi connectivity index (χ1) is 7.97. The monoisotopic (exact) mass is 244 g/mol. The Morgan fingerprint density at radius 1 is 1.35 bits per heavy atom.